The molecule has 2 N–H and O–H groups in total. The highest BCUT2D eigenvalue weighted by atomic mass is 127. The molecule has 0 radical (unpaired) electrons. The molecule has 1 aromatic rings. The smallest absolute Gasteiger partial charge is 0.213 e. The first-order valence-corrected chi connectivity index (χ1v) is 6.75. The largest absolute Gasteiger partial charge is 0.473 e. The van der Waals surface area contributed by atoms with E-state index in [0.29, 0.717) is 18.2 Å². The van der Waals surface area contributed by atoms with Crippen LogP contribution in [0.1, 0.15) is 36.0 Å². The fraction of sp³-hybridized carbons (Fsp3) is 0.583. The molecule has 0 aliphatic rings. The van der Waals surface area contributed by atoms with E-state index in [1.54, 1.807) is 41.3 Å². The van der Waals surface area contributed by atoms with Crippen LogP contribution in [0.2, 0.25) is 0 Å². The first-order valence-electron chi connectivity index (χ1n) is 5.87. The summed E-state index contributed by atoms with van der Waals surface area (Å²) in [5, 5.41) is 0. The second-order valence-corrected chi connectivity index (χ2v) is 3.01. The summed E-state index contributed by atoms with van der Waals surface area (Å²) in [6.45, 7) is 10.4. The Morgan fingerprint density at radius 2 is 1.94 bits per heavy atom. The number of ether oxygens (including phenoxy) is 1. The van der Waals surface area contributed by atoms with Gasteiger partial charge in [0, 0.05) is 14.0 Å². The molecule has 0 unspecified atom stereocenters. The van der Waals surface area contributed by atoms with Crippen molar-refractivity contribution >= 4 is 23.0 Å². The second-order valence-electron chi connectivity index (χ2n) is 2.57. The average Bonchev–Trinajstić information content (AvgIpc) is 2.44. The number of halogens is 1. The number of hydrogen-bond donors (Lipinski definition) is 1. The van der Waals surface area contributed by atoms with Crippen LogP contribution in [0.3, 0.4) is 0 Å². The van der Waals surface area contributed by atoms with E-state index in [4.69, 9.17) is 13.5 Å². The van der Waals surface area contributed by atoms with Gasteiger partial charge in [-0.1, -0.05) is 27.7 Å². The van der Waals surface area contributed by atoms with Crippen molar-refractivity contribution in [2.45, 2.75) is 40.7 Å². The van der Waals surface area contributed by atoms with Crippen molar-refractivity contribution in [3.8, 4) is 11.6 Å². The van der Waals surface area contributed by atoms with E-state index in [0.717, 1.165) is 0 Å². The molecule has 0 saturated carbocycles. The Morgan fingerprint density at radius 1 is 1.35 bits per heavy atom. The highest BCUT2D eigenvalue weighted by Crippen LogP contribution is 2.15. The minimum atomic E-state index is -0.0149. The Bertz CT molecular complexity index is 261. The average molecular weight is 356 g/mol. The van der Waals surface area contributed by atoms with Gasteiger partial charge in [0.25, 0.3) is 0 Å². The maximum Gasteiger partial charge on any atom is 0.213 e. The molecule has 0 aromatic carbocycles. The molecular formula is C12H25IN2O2. The molecule has 5 heteroatoms. The van der Waals surface area contributed by atoms with E-state index in [2.05, 4.69) is 4.98 Å². The Labute approximate surface area is 120 Å². The maximum atomic E-state index is 5.40. The summed E-state index contributed by atoms with van der Waals surface area (Å²) in [6, 6.07) is 3.54. The molecule has 0 aliphatic carbocycles. The van der Waals surface area contributed by atoms with E-state index in [1.807, 2.05) is 34.6 Å². The van der Waals surface area contributed by atoms with E-state index in [1.165, 1.54) is 0 Å². The zero-order valence-electron chi connectivity index (χ0n) is 11.2. The van der Waals surface area contributed by atoms with Gasteiger partial charge in [-0.05, 0) is 13.0 Å². The minimum absolute atomic E-state index is 0. The summed E-state index contributed by atoms with van der Waals surface area (Å²) in [4.78, 5) is 4.03. The van der Waals surface area contributed by atoms with E-state index in [-0.39, 0.29) is 7.53 Å². The Kier molecular flexibility index (Phi) is 14.9. The zero-order valence-corrected chi connectivity index (χ0v) is 13.4. The highest BCUT2D eigenvalue weighted by molar-refractivity contribution is 14.1. The first kappa shape index (κ1) is 18.8. The molecule has 0 saturated heterocycles. The van der Waals surface area contributed by atoms with Gasteiger partial charge in [-0.15, -0.1) is 0 Å². The van der Waals surface area contributed by atoms with E-state index >= 15 is 0 Å². The number of nitrogens with zero attached hydrogens (tertiary/aromatic N) is 1. The van der Waals surface area contributed by atoms with Crippen LogP contribution >= 0.6 is 23.0 Å². The van der Waals surface area contributed by atoms with Crippen molar-refractivity contribution in [2.24, 2.45) is 5.73 Å². The van der Waals surface area contributed by atoms with Crippen LogP contribution in [0.25, 0.3) is 0 Å². The summed E-state index contributed by atoms with van der Waals surface area (Å²) < 4.78 is 10.3. The Morgan fingerprint density at radius 3 is 2.29 bits per heavy atom. The Balaban J connectivity index is -0.000000409. The van der Waals surface area contributed by atoms with Gasteiger partial charge in [0.2, 0.25) is 5.88 Å². The van der Waals surface area contributed by atoms with Crippen molar-refractivity contribution < 1.29 is 9.23 Å². The number of nitrogens with two attached hydrogens (primary N) is 1. The SMILES string of the molecule is CC.CC.C[C@@H](CN)Oc1ccc(OI)cn1.[HH]. The second kappa shape index (κ2) is 13.5. The summed E-state index contributed by atoms with van der Waals surface area (Å²) >= 11 is 1.80. The molecule has 1 aromatic heterocycles. The van der Waals surface area contributed by atoms with Crippen molar-refractivity contribution in [3.63, 3.8) is 0 Å². The number of pyridine rings is 1. The standard InChI is InChI=1S/C8H11IN2O2.2C2H6.H2/c1-6(4-10)12-8-3-2-7(13-9)5-11-8;2*1-2;/h2-3,5-6H,4,10H2,1H3;2*1-2H3;1H/t6-;;;/m0.../s1. The number of hydrogen-bond acceptors (Lipinski definition) is 4. The first-order chi connectivity index (χ1) is 8.26. The van der Waals surface area contributed by atoms with Gasteiger partial charge < -0.3 is 13.5 Å². The predicted octanol–water partition coefficient (Wildman–Crippen LogP) is 3.83. The molecular weight excluding hydrogens is 331 g/mol. The van der Waals surface area contributed by atoms with Crippen molar-refractivity contribution in [1.82, 2.24) is 4.98 Å². The molecule has 0 aliphatic heterocycles. The fourth-order valence-corrected chi connectivity index (χ4v) is 0.997. The maximum absolute atomic E-state index is 5.40. The van der Waals surface area contributed by atoms with Crippen molar-refractivity contribution in [3.05, 3.63) is 18.3 Å². The van der Waals surface area contributed by atoms with Crippen LogP contribution in [0.4, 0.5) is 0 Å². The molecule has 1 heterocycles. The van der Waals surface area contributed by atoms with Crippen LogP contribution in [-0.4, -0.2) is 17.6 Å². The molecule has 1 rings (SSSR count). The van der Waals surface area contributed by atoms with Gasteiger partial charge in [-0.2, -0.15) is 0 Å². The topological polar surface area (TPSA) is 57.4 Å². The highest BCUT2D eigenvalue weighted by Gasteiger charge is 2.02. The fourth-order valence-electron chi connectivity index (χ4n) is 0.736. The van der Waals surface area contributed by atoms with Crippen LogP contribution in [0, 0.1) is 0 Å². The van der Waals surface area contributed by atoms with Gasteiger partial charge in [-0.3, -0.25) is 0 Å². The van der Waals surface area contributed by atoms with Crippen LogP contribution in [-0.2, 0) is 0 Å². The summed E-state index contributed by atoms with van der Waals surface area (Å²) in [7, 11) is 0. The Hall–Kier alpha value is -0.560. The lowest BCUT2D eigenvalue weighted by Crippen LogP contribution is -2.23. The normalized spacial score (nSPS) is 10.1. The third-order valence-electron chi connectivity index (χ3n) is 1.45. The van der Waals surface area contributed by atoms with Gasteiger partial charge >= 0.3 is 0 Å². The lowest BCUT2D eigenvalue weighted by atomic mass is 10.4. The molecule has 17 heavy (non-hydrogen) atoms. The summed E-state index contributed by atoms with van der Waals surface area (Å²) in [6.07, 6.45) is 1.59. The van der Waals surface area contributed by atoms with Gasteiger partial charge in [0.05, 0.1) is 6.20 Å². The molecule has 0 amide bonds. The van der Waals surface area contributed by atoms with Crippen LogP contribution in [0.15, 0.2) is 18.3 Å². The summed E-state index contributed by atoms with van der Waals surface area (Å²) in [5.74, 6) is 1.27. The predicted molar refractivity (Wildman–Crippen MR) is 82.8 cm³/mol. The van der Waals surface area contributed by atoms with E-state index in [9.17, 15) is 0 Å². The van der Waals surface area contributed by atoms with Crippen LogP contribution < -0.4 is 13.5 Å². The monoisotopic (exact) mass is 356 g/mol. The molecule has 1 atom stereocenters. The molecule has 4 nitrogen and oxygen atoms in total. The third kappa shape index (κ3) is 9.17. The van der Waals surface area contributed by atoms with Gasteiger partial charge in [0.15, 0.2) is 28.8 Å². The van der Waals surface area contributed by atoms with Crippen LogP contribution in [0.5, 0.6) is 11.6 Å². The number of rotatable bonds is 4. The molecule has 0 spiro atoms. The van der Waals surface area contributed by atoms with Crippen molar-refractivity contribution in [1.29, 1.82) is 0 Å². The summed E-state index contributed by atoms with van der Waals surface area (Å²) in [5.41, 5.74) is 5.40. The minimum Gasteiger partial charge on any atom is -0.473 e. The zero-order chi connectivity index (χ0) is 13.7. The van der Waals surface area contributed by atoms with Crippen molar-refractivity contribution in [2.75, 3.05) is 6.54 Å². The van der Waals surface area contributed by atoms with Gasteiger partial charge in [-0.25, -0.2) is 4.98 Å². The third-order valence-corrected chi connectivity index (χ3v) is 1.96. The van der Waals surface area contributed by atoms with Gasteiger partial charge in [0.1, 0.15) is 6.10 Å². The lowest BCUT2D eigenvalue weighted by molar-refractivity contribution is 0.220. The lowest BCUT2D eigenvalue weighted by Gasteiger charge is -2.10. The quantitative estimate of drug-likeness (QED) is 0.833. The van der Waals surface area contributed by atoms with E-state index < -0.39 is 0 Å². The molecule has 0 fully saturated rings. The molecule has 102 valence electrons. The number of aromatic nitrogens is 1. The molecule has 0 bridgehead atoms.